The Morgan fingerprint density at radius 1 is 1.21 bits per heavy atom. The Kier molecular flexibility index (Phi) is 6.92. The largest absolute Gasteiger partial charge is 0.491 e. The van der Waals surface area contributed by atoms with Gasteiger partial charge >= 0.3 is 0 Å². The number of likely N-dealkylation sites (tertiary alicyclic amines) is 1. The highest BCUT2D eigenvalue weighted by Crippen LogP contribution is 2.44. The van der Waals surface area contributed by atoms with Crippen molar-refractivity contribution in [3.05, 3.63) is 36.8 Å². The molecule has 38 heavy (non-hydrogen) atoms. The quantitative estimate of drug-likeness (QED) is 0.465. The number of anilines is 1. The van der Waals surface area contributed by atoms with Crippen molar-refractivity contribution in [3.8, 4) is 16.9 Å². The van der Waals surface area contributed by atoms with Crippen LogP contribution in [0, 0.1) is 5.92 Å². The number of hydrogen-bond donors (Lipinski definition) is 2. The number of rotatable bonds is 8. The summed E-state index contributed by atoms with van der Waals surface area (Å²) in [6.45, 7) is 2.30. The number of aromatic nitrogens is 3. The maximum atomic E-state index is 14.0. The first kappa shape index (κ1) is 25.1. The first-order valence-electron chi connectivity index (χ1n) is 13.6. The van der Waals surface area contributed by atoms with Gasteiger partial charge in [-0.15, -0.1) is 0 Å². The highest BCUT2D eigenvalue weighted by molar-refractivity contribution is 6.00. The van der Waals surface area contributed by atoms with Gasteiger partial charge in [0.1, 0.15) is 36.3 Å². The number of nitrogens with two attached hydrogens (primary N) is 2. The topological polar surface area (TPSA) is 122 Å². The molecule has 2 saturated heterocycles. The molecule has 1 amide bonds. The molecule has 4 heterocycles. The first-order chi connectivity index (χ1) is 18.5. The van der Waals surface area contributed by atoms with Crippen molar-refractivity contribution in [2.45, 2.75) is 62.9 Å². The molecule has 3 atom stereocenters. The average Bonchev–Trinajstić information content (AvgIpc) is 3.47. The van der Waals surface area contributed by atoms with Gasteiger partial charge in [-0.05, 0) is 55.7 Å². The van der Waals surface area contributed by atoms with Crippen LogP contribution in [0.3, 0.4) is 0 Å². The molecule has 1 unspecified atom stereocenters. The molecule has 2 aliphatic heterocycles. The first-order valence-corrected chi connectivity index (χ1v) is 13.6. The number of amides is 1. The van der Waals surface area contributed by atoms with Crippen LogP contribution in [0.2, 0.25) is 0 Å². The van der Waals surface area contributed by atoms with Gasteiger partial charge < -0.3 is 25.5 Å². The Balaban J connectivity index is 1.19. The SMILES string of the molecule is NC(=O)[C@@H]1C[C@H](F)CN1C[C@H]1C[C@H](n2cc(-c3cccc(OCC4CCCCO4)c3)c3c(N)ncnc32)C1. The van der Waals surface area contributed by atoms with Gasteiger partial charge in [-0.2, -0.15) is 0 Å². The number of hydrogen-bond acceptors (Lipinski definition) is 7. The third-order valence-corrected chi connectivity index (χ3v) is 8.27. The normalized spacial score (nSPS) is 27.9. The van der Waals surface area contributed by atoms with Crippen LogP contribution in [0.15, 0.2) is 36.8 Å². The van der Waals surface area contributed by atoms with E-state index in [2.05, 4.69) is 20.7 Å². The van der Waals surface area contributed by atoms with Gasteiger partial charge in [0.25, 0.3) is 0 Å². The predicted octanol–water partition coefficient (Wildman–Crippen LogP) is 3.48. The van der Waals surface area contributed by atoms with Crippen molar-refractivity contribution in [1.82, 2.24) is 19.4 Å². The summed E-state index contributed by atoms with van der Waals surface area (Å²) in [6.07, 6.45) is 8.10. The Morgan fingerprint density at radius 2 is 2.08 bits per heavy atom. The molecular weight excluding hydrogens is 487 g/mol. The lowest BCUT2D eigenvalue weighted by atomic mass is 9.79. The van der Waals surface area contributed by atoms with Gasteiger partial charge in [0.2, 0.25) is 5.91 Å². The number of benzene rings is 1. The molecule has 0 radical (unpaired) electrons. The summed E-state index contributed by atoms with van der Waals surface area (Å²) in [5, 5.41) is 0.831. The summed E-state index contributed by atoms with van der Waals surface area (Å²) >= 11 is 0. The fraction of sp³-hybridized carbons (Fsp3) is 0.536. The lowest BCUT2D eigenvalue weighted by Gasteiger charge is -2.39. The van der Waals surface area contributed by atoms with Crippen LogP contribution >= 0.6 is 0 Å². The van der Waals surface area contributed by atoms with E-state index >= 15 is 0 Å². The number of halogens is 1. The molecule has 1 saturated carbocycles. The standard InChI is InChI=1S/C28H35FN6O3/c29-19-11-24(27(31)36)34(13-19)12-17-8-20(9-17)35-14-23(25-26(30)32-16-33-28(25)35)18-4-3-6-21(10-18)38-15-22-5-1-2-7-37-22/h3-4,6,10,14,16-17,19-20,22,24H,1-2,5,7-9,11-13,15H2,(H2,31,36)(H2,30,32,33)/t17-,19-,20-,22?,24-/m0/s1. The smallest absolute Gasteiger partial charge is 0.234 e. The molecule has 3 fully saturated rings. The zero-order valence-electron chi connectivity index (χ0n) is 21.5. The van der Waals surface area contributed by atoms with Crippen molar-refractivity contribution in [2.75, 3.05) is 32.0 Å². The number of fused-ring (bicyclic) bond motifs is 1. The number of carbonyl (C=O) groups excluding carboxylic acids is 1. The molecule has 0 spiro atoms. The molecule has 3 aromatic rings. The number of primary amides is 1. The summed E-state index contributed by atoms with van der Waals surface area (Å²) in [5.74, 6) is 1.16. The zero-order chi connectivity index (χ0) is 26.2. The molecule has 9 nitrogen and oxygen atoms in total. The number of nitrogen functional groups attached to an aromatic ring is 1. The molecule has 202 valence electrons. The number of alkyl halides is 1. The molecule has 6 rings (SSSR count). The minimum absolute atomic E-state index is 0.138. The summed E-state index contributed by atoms with van der Waals surface area (Å²) < 4.78 is 28.0. The Bertz CT molecular complexity index is 1300. The van der Waals surface area contributed by atoms with E-state index in [1.807, 2.05) is 29.2 Å². The van der Waals surface area contributed by atoms with E-state index in [9.17, 15) is 9.18 Å². The lowest BCUT2D eigenvalue weighted by Crippen LogP contribution is -2.45. The Morgan fingerprint density at radius 3 is 2.87 bits per heavy atom. The third kappa shape index (κ3) is 4.94. The van der Waals surface area contributed by atoms with Gasteiger partial charge in [-0.1, -0.05) is 12.1 Å². The minimum atomic E-state index is -0.992. The van der Waals surface area contributed by atoms with E-state index in [0.29, 0.717) is 24.9 Å². The molecule has 0 bridgehead atoms. The third-order valence-electron chi connectivity index (χ3n) is 8.27. The van der Waals surface area contributed by atoms with E-state index in [4.69, 9.17) is 20.9 Å². The summed E-state index contributed by atoms with van der Waals surface area (Å²) in [4.78, 5) is 22.5. The molecule has 1 aromatic carbocycles. The summed E-state index contributed by atoms with van der Waals surface area (Å²) in [7, 11) is 0. The minimum Gasteiger partial charge on any atom is -0.491 e. The van der Waals surface area contributed by atoms with Crippen molar-refractivity contribution in [1.29, 1.82) is 0 Å². The Hall–Kier alpha value is -3.24. The fourth-order valence-corrected chi connectivity index (χ4v) is 6.24. The van der Waals surface area contributed by atoms with Crippen molar-refractivity contribution in [2.24, 2.45) is 11.7 Å². The predicted molar refractivity (Wildman–Crippen MR) is 142 cm³/mol. The van der Waals surface area contributed by atoms with Crippen LogP contribution in [0.25, 0.3) is 22.2 Å². The van der Waals surface area contributed by atoms with Gasteiger partial charge in [-0.25, -0.2) is 14.4 Å². The number of nitrogens with zero attached hydrogens (tertiary/aromatic N) is 4. The van der Waals surface area contributed by atoms with E-state index in [-0.39, 0.29) is 25.1 Å². The number of carbonyl (C=O) groups is 1. The Labute approximate surface area is 221 Å². The summed E-state index contributed by atoms with van der Waals surface area (Å²) in [6, 6.07) is 7.76. The van der Waals surface area contributed by atoms with E-state index in [1.54, 1.807) is 0 Å². The van der Waals surface area contributed by atoms with Crippen LogP contribution in [-0.2, 0) is 9.53 Å². The van der Waals surface area contributed by atoms with Crippen LogP contribution in [0.1, 0.15) is 44.6 Å². The van der Waals surface area contributed by atoms with Crippen LogP contribution in [0.5, 0.6) is 5.75 Å². The van der Waals surface area contributed by atoms with Gasteiger partial charge in [0.05, 0.1) is 17.5 Å². The maximum Gasteiger partial charge on any atom is 0.234 e. The fourth-order valence-electron chi connectivity index (χ4n) is 6.24. The lowest BCUT2D eigenvalue weighted by molar-refractivity contribution is -0.122. The highest BCUT2D eigenvalue weighted by atomic mass is 19.1. The second-order valence-electron chi connectivity index (χ2n) is 10.9. The number of ether oxygens (including phenoxy) is 2. The second kappa shape index (κ2) is 10.5. The monoisotopic (exact) mass is 522 g/mol. The maximum absolute atomic E-state index is 14.0. The average molecular weight is 523 g/mol. The van der Waals surface area contributed by atoms with Gasteiger partial charge in [-0.3, -0.25) is 9.69 Å². The molecule has 1 aliphatic carbocycles. The van der Waals surface area contributed by atoms with E-state index < -0.39 is 18.1 Å². The van der Waals surface area contributed by atoms with Crippen molar-refractivity contribution >= 4 is 22.8 Å². The van der Waals surface area contributed by atoms with E-state index in [1.165, 1.54) is 12.7 Å². The highest BCUT2D eigenvalue weighted by Gasteiger charge is 2.40. The van der Waals surface area contributed by atoms with Crippen molar-refractivity contribution < 1.29 is 18.7 Å². The molecule has 2 aromatic heterocycles. The van der Waals surface area contributed by atoms with Crippen molar-refractivity contribution in [3.63, 3.8) is 0 Å². The zero-order valence-corrected chi connectivity index (χ0v) is 21.5. The van der Waals surface area contributed by atoms with Crippen LogP contribution in [0.4, 0.5) is 10.2 Å². The van der Waals surface area contributed by atoms with Crippen LogP contribution < -0.4 is 16.2 Å². The van der Waals surface area contributed by atoms with E-state index in [0.717, 1.165) is 60.2 Å². The van der Waals surface area contributed by atoms with Gasteiger partial charge in [0, 0.05) is 43.9 Å². The van der Waals surface area contributed by atoms with Gasteiger partial charge in [0.15, 0.2) is 0 Å². The van der Waals surface area contributed by atoms with Crippen LogP contribution in [-0.4, -0.2) is 70.0 Å². The molecule has 10 heteroatoms. The second-order valence-corrected chi connectivity index (χ2v) is 10.9. The molecular formula is C28H35FN6O3. The summed E-state index contributed by atoms with van der Waals surface area (Å²) in [5.41, 5.74) is 14.6. The molecule has 3 aliphatic rings. The molecule has 4 N–H and O–H groups in total.